The van der Waals surface area contributed by atoms with Crippen molar-refractivity contribution in [3.05, 3.63) is 41.7 Å². The monoisotopic (exact) mass is 353 g/mol. The standard InChI is InChI=1S/C15H14F3N5O2/c1-24-10-4-3-9(7-11(10)25-2)8-19-12-5-6-13-20-21-14(15(16,17)18)23(13)22-12/h3-7H,8H2,1-2H3,(H,19,22). The normalized spacial score (nSPS) is 11.6. The molecule has 0 aliphatic heterocycles. The first-order valence-electron chi connectivity index (χ1n) is 7.17. The SMILES string of the molecule is COc1ccc(CNc2ccc3nnc(C(F)(F)F)n3n2)cc1OC. The summed E-state index contributed by atoms with van der Waals surface area (Å²) in [6.07, 6.45) is -4.63. The molecule has 0 atom stereocenters. The molecule has 2 aromatic heterocycles. The fourth-order valence-electron chi connectivity index (χ4n) is 2.24. The Morgan fingerprint density at radius 2 is 1.80 bits per heavy atom. The molecule has 0 amide bonds. The van der Waals surface area contributed by atoms with Crippen molar-refractivity contribution in [1.29, 1.82) is 0 Å². The highest BCUT2D eigenvalue weighted by Gasteiger charge is 2.37. The molecule has 0 aliphatic carbocycles. The molecule has 0 bridgehead atoms. The van der Waals surface area contributed by atoms with Crippen molar-refractivity contribution in [3.8, 4) is 11.5 Å². The van der Waals surface area contributed by atoms with E-state index >= 15 is 0 Å². The molecule has 132 valence electrons. The van der Waals surface area contributed by atoms with Gasteiger partial charge in [-0.2, -0.15) is 17.7 Å². The Kier molecular flexibility index (Phi) is 4.34. The predicted molar refractivity (Wildman–Crippen MR) is 82.7 cm³/mol. The number of hydrogen-bond acceptors (Lipinski definition) is 6. The van der Waals surface area contributed by atoms with Crippen molar-refractivity contribution in [3.63, 3.8) is 0 Å². The maximum Gasteiger partial charge on any atom is 0.453 e. The summed E-state index contributed by atoms with van der Waals surface area (Å²) in [5.74, 6) is 0.235. The van der Waals surface area contributed by atoms with Crippen molar-refractivity contribution in [2.24, 2.45) is 0 Å². The van der Waals surface area contributed by atoms with Crippen LogP contribution in [0.25, 0.3) is 5.65 Å². The van der Waals surface area contributed by atoms with E-state index in [1.165, 1.54) is 26.4 Å². The highest BCUT2D eigenvalue weighted by atomic mass is 19.4. The van der Waals surface area contributed by atoms with E-state index in [4.69, 9.17) is 9.47 Å². The molecule has 0 aliphatic rings. The van der Waals surface area contributed by atoms with Crippen LogP contribution in [-0.4, -0.2) is 34.0 Å². The lowest BCUT2D eigenvalue weighted by Gasteiger charge is -2.11. The van der Waals surface area contributed by atoms with Crippen LogP contribution in [0.2, 0.25) is 0 Å². The third-order valence-electron chi connectivity index (χ3n) is 3.44. The van der Waals surface area contributed by atoms with Crippen molar-refractivity contribution in [2.45, 2.75) is 12.7 Å². The summed E-state index contributed by atoms with van der Waals surface area (Å²) >= 11 is 0. The Balaban J connectivity index is 1.82. The van der Waals surface area contributed by atoms with Gasteiger partial charge >= 0.3 is 6.18 Å². The van der Waals surface area contributed by atoms with Gasteiger partial charge in [-0.05, 0) is 29.8 Å². The van der Waals surface area contributed by atoms with Gasteiger partial charge < -0.3 is 14.8 Å². The highest BCUT2D eigenvalue weighted by Crippen LogP contribution is 2.29. The maximum absolute atomic E-state index is 12.9. The van der Waals surface area contributed by atoms with Gasteiger partial charge in [-0.1, -0.05) is 6.07 Å². The first-order chi connectivity index (χ1) is 11.9. The van der Waals surface area contributed by atoms with Crippen LogP contribution in [0, 0.1) is 0 Å². The van der Waals surface area contributed by atoms with E-state index in [9.17, 15) is 13.2 Å². The number of nitrogens with one attached hydrogen (secondary N) is 1. The molecule has 3 aromatic rings. The average molecular weight is 353 g/mol. The van der Waals surface area contributed by atoms with Crippen LogP contribution in [0.1, 0.15) is 11.4 Å². The predicted octanol–water partition coefficient (Wildman–Crippen LogP) is 2.77. The molecule has 0 unspecified atom stereocenters. The lowest BCUT2D eigenvalue weighted by atomic mass is 10.2. The minimum Gasteiger partial charge on any atom is -0.493 e. The maximum atomic E-state index is 12.9. The number of fused-ring (bicyclic) bond motifs is 1. The molecule has 1 aromatic carbocycles. The van der Waals surface area contributed by atoms with Gasteiger partial charge in [0.2, 0.25) is 0 Å². The second-order valence-electron chi connectivity index (χ2n) is 5.05. The fourth-order valence-corrected chi connectivity index (χ4v) is 2.24. The average Bonchev–Trinajstić information content (AvgIpc) is 3.03. The number of rotatable bonds is 5. The number of alkyl halides is 3. The van der Waals surface area contributed by atoms with Gasteiger partial charge in [0.15, 0.2) is 17.1 Å². The largest absolute Gasteiger partial charge is 0.493 e. The van der Waals surface area contributed by atoms with Gasteiger partial charge in [0, 0.05) is 6.54 Å². The molecular formula is C15H14F3N5O2. The summed E-state index contributed by atoms with van der Waals surface area (Å²) in [5, 5.41) is 13.5. The second kappa shape index (κ2) is 6.46. The minimum absolute atomic E-state index is 0.0176. The van der Waals surface area contributed by atoms with Crippen molar-refractivity contribution in [2.75, 3.05) is 19.5 Å². The topological polar surface area (TPSA) is 73.6 Å². The number of methoxy groups -OCH3 is 2. The molecule has 0 saturated heterocycles. The number of anilines is 1. The van der Waals surface area contributed by atoms with Gasteiger partial charge in [0.25, 0.3) is 5.82 Å². The van der Waals surface area contributed by atoms with Crippen molar-refractivity contribution in [1.82, 2.24) is 19.8 Å². The number of halogens is 3. The summed E-state index contributed by atoms with van der Waals surface area (Å²) < 4.78 is 49.7. The lowest BCUT2D eigenvalue weighted by molar-refractivity contribution is -0.146. The van der Waals surface area contributed by atoms with Gasteiger partial charge in [0.1, 0.15) is 5.82 Å². The molecule has 25 heavy (non-hydrogen) atoms. The number of nitrogens with zero attached hydrogens (tertiary/aromatic N) is 4. The van der Waals surface area contributed by atoms with Crippen LogP contribution in [0.4, 0.5) is 19.0 Å². The summed E-state index contributed by atoms with van der Waals surface area (Å²) in [5.41, 5.74) is 0.864. The van der Waals surface area contributed by atoms with E-state index < -0.39 is 12.0 Å². The summed E-state index contributed by atoms with van der Waals surface area (Å²) in [4.78, 5) is 0. The zero-order chi connectivity index (χ0) is 18.0. The Morgan fingerprint density at radius 3 is 2.48 bits per heavy atom. The first kappa shape index (κ1) is 16.8. The Morgan fingerprint density at radius 1 is 1.04 bits per heavy atom. The molecule has 10 heteroatoms. The number of ether oxygens (including phenoxy) is 2. The zero-order valence-corrected chi connectivity index (χ0v) is 13.3. The fraction of sp³-hybridized carbons (Fsp3) is 0.267. The number of benzene rings is 1. The molecule has 2 heterocycles. The van der Waals surface area contributed by atoms with Gasteiger partial charge in [-0.3, -0.25) is 0 Å². The third-order valence-corrected chi connectivity index (χ3v) is 3.44. The molecule has 0 radical (unpaired) electrons. The van der Waals surface area contributed by atoms with Gasteiger partial charge in [-0.25, -0.2) is 0 Å². The second-order valence-corrected chi connectivity index (χ2v) is 5.05. The van der Waals surface area contributed by atoms with E-state index in [2.05, 4.69) is 20.6 Å². The van der Waals surface area contributed by atoms with E-state index in [-0.39, 0.29) is 11.5 Å². The van der Waals surface area contributed by atoms with Crippen LogP contribution >= 0.6 is 0 Å². The summed E-state index contributed by atoms with van der Waals surface area (Å²) in [6, 6.07) is 8.27. The molecule has 0 fully saturated rings. The molecular weight excluding hydrogens is 339 g/mol. The molecule has 1 N–H and O–H groups in total. The summed E-state index contributed by atoms with van der Waals surface area (Å²) in [7, 11) is 3.06. The van der Waals surface area contributed by atoms with E-state index in [0.29, 0.717) is 22.6 Å². The number of aromatic nitrogens is 4. The van der Waals surface area contributed by atoms with Gasteiger partial charge in [-0.15, -0.1) is 15.3 Å². The Bertz CT molecular complexity index is 894. The van der Waals surface area contributed by atoms with E-state index in [1.807, 2.05) is 6.07 Å². The number of hydrogen-bond donors (Lipinski definition) is 1. The molecule has 7 nitrogen and oxygen atoms in total. The molecule has 0 saturated carbocycles. The van der Waals surface area contributed by atoms with Crippen molar-refractivity contribution >= 4 is 11.5 Å². The van der Waals surface area contributed by atoms with E-state index in [1.54, 1.807) is 12.1 Å². The Hall–Kier alpha value is -3.04. The van der Waals surface area contributed by atoms with Crippen LogP contribution in [-0.2, 0) is 12.7 Å². The minimum atomic E-state index is -4.63. The van der Waals surface area contributed by atoms with E-state index in [0.717, 1.165) is 5.56 Å². The van der Waals surface area contributed by atoms with Crippen molar-refractivity contribution < 1.29 is 22.6 Å². The van der Waals surface area contributed by atoms with Gasteiger partial charge in [0.05, 0.1) is 14.2 Å². The quantitative estimate of drug-likeness (QED) is 0.760. The van der Waals surface area contributed by atoms with Crippen LogP contribution in [0.15, 0.2) is 30.3 Å². The van der Waals surface area contributed by atoms with Crippen LogP contribution < -0.4 is 14.8 Å². The summed E-state index contributed by atoms with van der Waals surface area (Å²) in [6.45, 7) is 0.336. The third kappa shape index (κ3) is 3.42. The first-order valence-corrected chi connectivity index (χ1v) is 7.17. The van der Waals surface area contributed by atoms with Crippen LogP contribution in [0.5, 0.6) is 11.5 Å². The zero-order valence-electron chi connectivity index (χ0n) is 13.3. The lowest BCUT2D eigenvalue weighted by Crippen LogP contribution is -2.13. The molecule has 3 rings (SSSR count). The Labute approximate surface area is 140 Å². The smallest absolute Gasteiger partial charge is 0.453 e. The molecule has 0 spiro atoms. The highest BCUT2D eigenvalue weighted by molar-refractivity contribution is 5.46. The van der Waals surface area contributed by atoms with Crippen LogP contribution in [0.3, 0.4) is 0 Å².